The van der Waals surface area contributed by atoms with Gasteiger partial charge in [0.2, 0.25) is 0 Å². The molecule has 0 spiro atoms. The number of benzene rings is 2. The second kappa shape index (κ2) is 11.8. The van der Waals surface area contributed by atoms with E-state index in [9.17, 15) is 0 Å². The van der Waals surface area contributed by atoms with Crippen molar-refractivity contribution < 1.29 is 9.47 Å². The number of para-hydroxylation sites is 1. The molecule has 2 aromatic rings. The first kappa shape index (κ1) is 25.6. The summed E-state index contributed by atoms with van der Waals surface area (Å²) in [6, 6.07) is 14.8. The summed E-state index contributed by atoms with van der Waals surface area (Å²) >= 11 is 0. The van der Waals surface area contributed by atoms with E-state index >= 15 is 0 Å². The molecule has 0 amide bonds. The molecule has 0 radical (unpaired) electrons. The summed E-state index contributed by atoms with van der Waals surface area (Å²) in [5.41, 5.74) is 4.11. The Morgan fingerprint density at radius 3 is 2.38 bits per heavy atom. The molecule has 1 atom stereocenters. The lowest BCUT2D eigenvalue weighted by Gasteiger charge is -2.33. The molecule has 174 valence electrons. The Labute approximate surface area is 195 Å². The van der Waals surface area contributed by atoms with E-state index in [2.05, 4.69) is 93.8 Å². The van der Waals surface area contributed by atoms with E-state index in [1.165, 1.54) is 0 Å². The van der Waals surface area contributed by atoms with Gasteiger partial charge in [-0.1, -0.05) is 77.1 Å². The van der Waals surface area contributed by atoms with Crippen LogP contribution in [0.4, 0.5) is 5.69 Å². The Bertz CT molecular complexity index is 899. The smallest absolute Gasteiger partial charge is 0.170 e. The third kappa shape index (κ3) is 5.97. The van der Waals surface area contributed by atoms with Gasteiger partial charge >= 0.3 is 0 Å². The van der Waals surface area contributed by atoms with Crippen LogP contribution in [-0.4, -0.2) is 12.7 Å². The van der Waals surface area contributed by atoms with Crippen molar-refractivity contribution in [1.82, 2.24) is 0 Å². The predicted octanol–water partition coefficient (Wildman–Crippen LogP) is 8.25. The number of ether oxygens (including phenoxy) is 2. The quantitative estimate of drug-likeness (QED) is 0.396. The number of anilines is 1. The zero-order valence-corrected chi connectivity index (χ0v) is 21.1. The highest BCUT2D eigenvalue weighted by Crippen LogP contribution is 2.42. The average molecular weight is 436 g/mol. The fourth-order valence-corrected chi connectivity index (χ4v) is 4.10. The number of nitrogens with zero attached hydrogens (tertiary/aromatic N) is 1. The summed E-state index contributed by atoms with van der Waals surface area (Å²) in [5, 5.41) is 0. The predicted molar refractivity (Wildman–Crippen MR) is 139 cm³/mol. The number of hydrogen-bond acceptors (Lipinski definition) is 3. The standard InChI is InChI=1S/C27H35NO2.C2H6/c1-7-12-21(8-2)20(3)28(24-13-10-9-11-14-24)19-23-16-15-22-17-18-27(4,5)30-26(22)25(23)29-6;1-2/h9-11,13-18,21H,3,7-8,12,19H2,1-2,4-6H3;1-2H3. The molecule has 1 unspecified atom stereocenters. The molecule has 2 aromatic carbocycles. The molecular weight excluding hydrogens is 394 g/mol. The molecule has 0 N–H and O–H groups in total. The van der Waals surface area contributed by atoms with Crippen molar-refractivity contribution in [2.75, 3.05) is 12.0 Å². The molecule has 0 fully saturated rings. The molecule has 3 rings (SSSR count). The van der Waals surface area contributed by atoms with Crippen LogP contribution in [0.25, 0.3) is 6.08 Å². The Morgan fingerprint density at radius 2 is 1.78 bits per heavy atom. The van der Waals surface area contributed by atoms with Crippen molar-refractivity contribution in [2.24, 2.45) is 5.92 Å². The van der Waals surface area contributed by atoms with Gasteiger partial charge in [-0.15, -0.1) is 0 Å². The van der Waals surface area contributed by atoms with Gasteiger partial charge in [0.05, 0.1) is 13.7 Å². The summed E-state index contributed by atoms with van der Waals surface area (Å²) in [6.45, 7) is 17.8. The molecule has 0 saturated carbocycles. The number of allylic oxidation sites excluding steroid dienone is 1. The SMILES string of the molecule is C=C(C(CC)CCC)N(Cc1ccc2c(c1OC)OC(C)(C)C=C2)c1ccccc1.CC. The van der Waals surface area contributed by atoms with Gasteiger partial charge in [-0.25, -0.2) is 0 Å². The summed E-state index contributed by atoms with van der Waals surface area (Å²) in [5.74, 6) is 2.08. The van der Waals surface area contributed by atoms with E-state index in [0.29, 0.717) is 12.5 Å². The molecule has 0 aromatic heterocycles. The van der Waals surface area contributed by atoms with Crippen LogP contribution < -0.4 is 14.4 Å². The highest BCUT2D eigenvalue weighted by Gasteiger charge is 2.27. The normalized spacial score (nSPS) is 14.3. The van der Waals surface area contributed by atoms with Crippen molar-refractivity contribution >= 4 is 11.8 Å². The monoisotopic (exact) mass is 435 g/mol. The third-order valence-electron chi connectivity index (χ3n) is 5.80. The zero-order chi connectivity index (χ0) is 23.7. The lowest BCUT2D eigenvalue weighted by atomic mass is 9.95. The molecule has 1 aliphatic rings. The number of hydrogen-bond donors (Lipinski definition) is 0. The lowest BCUT2D eigenvalue weighted by molar-refractivity contribution is 0.152. The van der Waals surface area contributed by atoms with Gasteiger partial charge in [0.1, 0.15) is 5.60 Å². The van der Waals surface area contributed by atoms with Gasteiger partial charge in [-0.05, 0) is 50.8 Å². The highest BCUT2D eigenvalue weighted by atomic mass is 16.5. The first-order chi connectivity index (χ1) is 15.4. The molecule has 3 nitrogen and oxygen atoms in total. The first-order valence-electron chi connectivity index (χ1n) is 12.0. The maximum Gasteiger partial charge on any atom is 0.170 e. The van der Waals surface area contributed by atoms with Crippen molar-refractivity contribution in [2.45, 2.75) is 73.0 Å². The van der Waals surface area contributed by atoms with Crippen LogP contribution in [0, 0.1) is 5.92 Å². The van der Waals surface area contributed by atoms with E-state index in [0.717, 1.165) is 53.3 Å². The molecule has 3 heteroatoms. The largest absolute Gasteiger partial charge is 0.492 e. The van der Waals surface area contributed by atoms with Crippen LogP contribution >= 0.6 is 0 Å². The molecule has 0 aliphatic carbocycles. The number of rotatable bonds is 9. The molecule has 1 aliphatic heterocycles. The second-order valence-corrected chi connectivity index (χ2v) is 8.52. The fourth-order valence-electron chi connectivity index (χ4n) is 4.10. The topological polar surface area (TPSA) is 21.7 Å². The Hall–Kier alpha value is -2.68. The number of fused-ring (bicyclic) bond motifs is 1. The summed E-state index contributed by atoms with van der Waals surface area (Å²) in [4.78, 5) is 2.33. The minimum atomic E-state index is -0.351. The van der Waals surface area contributed by atoms with Crippen molar-refractivity contribution in [1.29, 1.82) is 0 Å². The van der Waals surface area contributed by atoms with Crippen LogP contribution in [0.2, 0.25) is 0 Å². The van der Waals surface area contributed by atoms with Gasteiger partial charge in [0, 0.05) is 22.5 Å². The van der Waals surface area contributed by atoms with E-state index < -0.39 is 0 Å². The van der Waals surface area contributed by atoms with Crippen LogP contribution in [0.15, 0.2) is 60.8 Å². The van der Waals surface area contributed by atoms with Gasteiger partial charge in [0.25, 0.3) is 0 Å². The highest BCUT2D eigenvalue weighted by molar-refractivity contribution is 5.68. The van der Waals surface area contributed by atoms with Gasteiger partial charge < -0.3 is 14.4 Å². The maximum absolute atomic E-state index is 6.28. The minimum Gasteiger partial charge on any atom is -0.492 e. The van der Waals surface area contributed by atoms with Crippen molar-refractivity contribution in [3.8, 4) is 11.5 Å². The molecule has 0 bridgehead atoms. The van der Waals surface area contributed by atoms with Gasteiger partial charge in [0.15, 0.2) is 11.5 Å². The minimum absolute atomic E-state index is 0.351. The fraction of sp³-hybridized carbons (Fsp3) is 0.448. The molecule has 32 heavy (non-hydrogen) atoms. The molecule has 1 heterocycles. The van der Waals surface area contributed by atoms with Crippen LogP contribution in [0.1, 0.15) is 71.9 Å². The van der Waals surface area contributed by atoms with Gasteiger partial charge in [-0.2, -0.15) is 0 Å². The summed E-state index contributed by atoms with van der Waals surface area (Å²) in [7, 11) is 1.72. The van der Waals surface area contributed by atoms with E-state index in [4.69, 9.17) is 9.47 Å². The van der Waals surface area contributed by atoms with Gasteiger partial charge in [-0.3, -0.25) is 0 Å². The first-order valence-corrected chi connectivity index (χ1v) is 12.0. The summed E-state index contributed by atoms with van der Waals surface area (Å²) in [6.07, 6.45) is 7.58. The third-order valence-corrected chi connectivity index (χ3v) is 5.80. The zero-order valence-electron chi connectivity index (χ0n) is 21.1. The Balaban J connectivity index is 0.00000176. The maximum atomic E-state index is 6.28. The van der Waals surface area contributed by atoms with Crippen molar-refractivity contribution in [3.63, 3.8) is 0 Å². The van der Waals surface area contributed by atoms with E-state index in [-0.39, 0.29) is 5.60 Å². The Morgan fingerprint density at radius 1 is 1.09 bits per heavy atom. The van der Waals surface area contributed by atoms with Crippen LogP contribution in [0.3, 0.4) is 0 Å². The van der Waals surface area contributed by atoms with Crippen molar-refractivity contribution in [3.05, 3.63) is 71.9 Å². The van der Waals surface area contributed by atoms with E-state index in [1.807, 2.05) is 13.8 Å². The molecule has 0 saturated heterocycles. The van der Waals surface area contributed by atoms with E-state index in [1.54, 1.807) is 7.11 Å². The van der Waals surface area contributed by atoms with Crippen LogP contribution in [0.5, 0.6) is 11.5 Å². The summed E-state index contributed by atoms with van der Waals surface area (Å²) < 4.78 is 12.2. The lowest BCUT2D eigenvalue weighted by Crippen LogP contribution is -2.29. The molecular formula is C29H41NO2. The Kier molecular flexibility index (Phi) is 9.43. The average Bonchev–Trinajstić information content (AvgIpc) is 2.81. The van der Waals surface area contributed by atoms with Crippen LogP contribution in [-0.2, 0) is 6.54 Å². The second-order valence-electron chi connectivity index (χ2n) is 8.52. The number of methoxy groups -OCH3 is 1.